The quantitative estimate of drug-likeness (QED) is 0.412. The van der Waals surface area contributed by atoms with Crippen LogP contribution < -0.4 is 5.32 Å². The molecular weight excluding hydrogens is 477 g/mol. The molecule has 0 radical (unpaired) electrons. The maximum atomic E-state index is 13.6. The van der Waals surface area contributed by atoms with E-state index in [0.29, 0.717) is 16.3 Å². The predicted molar refractivity (Wildman–Crippen MR) is 126 cm³/mol. The normalized spacial score (nSPS) is 22.0. The summed E-state index contributed by atoms with van der Waals surface area (Å²) in [5, 5.41) is 4.27. The molecular formula is C24H23BrFN3OS. The molecule has 1 aliphatic carbocycles. The van der Waals surface area contributed by atoms with Gasteiger partial charge in [0.05, 0.1) is 11.7 Å². The molecule has 5 rings (SSSR count). The first-order chi connectivity index (χ1) is 15.1. The van der Waals surface area contributed by atoms with Crippen molar-refractivity contribution in [3.05, 3.63) is 76.5 Å². The molecule has 0 bridgehead atoms. The van der Waals surface area contributed by atoms with Crippen molar-refractivity contribution >= 4 is 33.3 Å². The molecule has 1 saturated heterocycles. The number of pyridine rings is 1. The largest absolute Gasteiger partial charge is 0.459 e. The van der Waals surface area contributed by atoms with Gasteiger partial charge in [-0.2, -0.15) is 0 Å². The summed E-state index contributed by atoms with van der Waals surface area (Å²) in [6.07, 6.45) is 7.79. The van der Waals surface area contributed by atoms with E-state index in [4.69, 9.17) is 16.6 Å². The van der Waals surface area contributed by atoms with Gasteiger partial charge in [0.1, 0.15) is 23.4 Å². The van der Waals surface area contributed by atoms with Crippen LogP contribution in [-0.2, 0) is 0 Å². The fraction of sp³-hybridized carbons (Fsp3) is 0.333. The molecule has 1 N–H and O–H groups in total. The van der Waals surface area contributed by atoms with Crippen molar-refractivity contribution in [2.45, 2.75) is 50.2 Å². The molecule has 1 aromatic carbocycles. The van der Waals surface area contributed by atoms with Crippen molar-refractivity contribution in [2.24, 2.45) is 0 Å². The highest BCUT2D eigenvalue weighted by Crippen LogP contribution is 2.44. The van der Waals surface area contributed by atoms with Crippen molar-refractivity contribution in [1.82, 2.24) is 15.2 Å². The van der Waals surface area contributed by atoms with Gasteiger partial charge in [0.25, 0.3) is 0 Å². The van der Waals surface area contributed by atoms with Gasteiger partial charge in [-0.15, -0.1) is 0 Å². The third kappa shape index (κ3) is 4.01. The minimum atomic E-state index is -0.286. The van der Waals surface area contributed by atoms with Crippen molar-refractivity contribution in [3.63, 3.8) is 0 Å². The second-order valence-electron chi connectivity index (χ2n) is 8.15. The van der Waals surface area contributed by atoms with Crippen LogP contribution in [0.5, 0.6) is 0 Å². The number of hydrogen-bond donors (Lipinski definition) is 1. The molecule has 4 nitrogen and oxygen atoms in total. The number of nitrogens with zero attached hydrogens (tertiary/aromatic N) is 2. The van der Waals surface area contributed by atoms with E-state index < -0.39 is 0 Å². The summed E-state index contributed by atoms with van der Waals surface area (Å²) < 4.78 is 20.6. The second kappa shape index (κ2) is 8.71. The second-order valence-corrected chi connectivity index (χ2v) is 9.39. The van der Waals surface area contributed by atoms with Crippen LogP contribution >= 0.6 is 28.1 Å². The first-order valence-electron chi connectivity index (χ1n) is 10.7. The number of nitrogens with one attached hydrogen (secondary N) is 1. The number of aromatic nitrogens is 1. The first-order valence-corrected chi connectivity index (χ1v) is 11.9. The summed E-state index contributed by atoms with van der Waals surface area (Å²) in [5.74, 6) is 1.24. The summed E-state index contributed by atoms with van der Waals surface area (Å²) in [4.78, 5) is 6.93. The van der Waals surface area contributed by atoms with E-state index in [0.717, 1.165) is 35.0 Å². The van der Waals surface area contributed by atoms with Gasteiger partial charge in [-0.05, 0) is 83.5 Å². The van der Waals surface area contributed by atoms with E-state index in [1.165, 1.54) is 31.4 Å². The smallest absolute Gasteiger partial charge is 0.170 e. The maximum Gasteiger partial charge on any atom is 0.170 e. The van der Waals surface area contributed by atoms with Crippen LogP contribution in [0.3, 0.4) is 0 Å². The summed E-state index contributed by atoms with van der Waals surface area (Å²) in [6.45, 7) is 0. The Kier molecular flexibility index (Phi) is 5.80. The number of hydrogen-bond acceptors (Lipinski definition) is 3. The fourth-order valence-electron chi connectivity index (χ4n) is 4.77. The van der Waals surface area contributed by atoms with Gasteiger partial charge >= 0.3 is 0 Å². The van der Waals surface area contributed by atoms with Crippen LogP contribution in [0.15, 0.2) is 63.6 Å². The van der Waals surface area contributed by atoms with E-state index in [2.05, 4.69) is 31.1 Å². The molecule has 7 heteroatoms. The number of rotatable bonds is 4. The van der Waals surface area contributed by atoms with Crippen LogP contribution in [0, 0.1) is 5.82 Å². The van der Waals surface area contributed by atoms with Crippen LogP contribution in [-0.4, -0.2) is 21.0 Å². The Labute approximate surface area is 195 Å². The lowest BCUT2D eigenvalue weighted by molar-refractivity contribution is 0.179. The topological polar surface area (TPSA) is 41.3 Å². The lowest BCUT2D eigenvalue weighted by Gasteiger charge is -2.36. The summed E-state index contributed by atoms with van der Waals surface area (Å²) in [5.41, 5.74) is 1.76. The molecule has 1 saturated carbocycles. The lowest BCUT2D eigenvalue weighted by atomic mass is 9.92. The standard InChI is InChI=1S/C24H23BrFN3OS/c25-18-14-15(26)9-10-17(18)20-11-12-21(30-20)23-22(19-8-4-5-13-27-19)28-24(31)29(23)16-6-2-1-3-7-16/h4-5,8-14,16,22-23H,1-3,6-7H2,(H,28,31). The Bertz CT molecular complexity index is 1080. The van der Waals surface area contributed by atoms with Crippen molar-refractivity contribution in [1.29, 1.82) is 0 Å². The Morgan fingerprint density at radius 3 is 2.68 bits per heavy atom. The van der Waals surface area contributed by atoms with Gasteiger partial charge in [-0.1, -0.05) is 25.3 Å². The Hall–Kier alpha value is -2.25. The molecule has 31 heavy (non-hydrogen) atoms. The Morgan fingerprint density at radius 2 is 1.94 bits per heavy atom. The molecule has 2 atom stereocenters. The number of benzene rings is 1. The molecule has 2 aromatic heterocycles. The zero-order valence-electron chi connectivity index (χ0n) is 16.9. The van der Waals surface area contributed by atoms with Gasteiger partial charge in [0.2, 0.25) is 0 Å². The molecule has 2 unspecified atom stereocenters. The van der Waals surface area contributed by atoms with Crippen molar-refractivity contribution in [3.8, 4) is 11.3 Å². The summed E-state index contributed by atoms with van der Waals surface area (Å²) in [6, 6.07) is 14.7. The molecule has 2 fully saturated rings. The van der Waals surface area contributed by atoms with Crippen LogP contribution in [0.1, 0.15) is 55.6 Å². The Balaban J connectivity index is 1.55. The number of halogens is 2. The number of thiocarbonyl (C=S) groups is 1. The zero-order chi connectivity index (χ0) is 21.4. The Morgan fingerprint density at radius 1 is 1.10 bits per heavy atom. The fourth-order valence-corrected chi connectivity index (χ4v) is 5.70. The highest BCUT2D eigenvalue weighted by molar-refractivity contribution is 9.10. The molecule has 0 amide bonds. The molecule has 0 spiro atoms. The monoisotopic (exact) mass is 499 g/mol. The van der Waals surface area contributed by atoms with E-state index in [-0.39, 0.29) is 17.9 Å². The summed E-state index contributed by atoms with van der Waals surface area (Å²) in [7, 11) is 0. The average Bonchev–Trinajstić information content (AvgIpc) is 3.39. The first kappa shape index (κ1) is 20.6. The lowest BCUT2D eigenvalue weighted by Crippen LogP contribution is -2.40. The van der Waals surface area contributed by atoms with Gasteiger partial charge in [0, 0.05) is 22.3 Å². The van der Waals surface area contributed by atoms with Crippen LogP contribution in [0.2, 0.25) is 0 Å². The van der Waals surface area contributed by atoms with Crippen LogP contribution in [0.4, 0.5) is 4.39 Å². The summed E-state index contributed by atoms with van der Waals surface area (Å²) >= 11 is 9.26. The van der Waals surface area contributed by atoms with Crippen molar-refractivity contribution < 1.29 is 8.81 Å². The molecule has 3 heterocycles. The third-order valence-electron chi connectivity index (χ3n) is 6.22. The zero-order valence-corrected chi connectivity index (χ0v) is 19.3. The minimum Gasteiger partial charge on any atom is -0.459 e. The van der Waals surface area contributed by atoms with E-state index in [9.17, 15) is 4.39 Å². The molecule has 160 valence electrons. The van der Waals surface area contributed by atoms with E-state index >= 15 is 0 Å². The van der Waals surface area contributed by atoms with Crippen LogP contribution in [0.25, 0.3) is 11.3 Å². The predicted octanol–water partition coefficient (Wildman–Crippen LogP) is 6.55. The highest BCUT2D eigenvalue weighted by atomic mass is 79.9. The minimum absolute atomic E-state index is 0.0847. The third-order valence-corrected chi connectivity index (χ3v) is 7.20. The van der Waals surface area contributed by atoms with Gasteiger partial charge in [-0.3, -0.25) is 4.98 Å². The molecule has 1 aliphatic heterocycles. The SMILES string of the molecule is Fc1ccc(-c2ccc(C3C(c4ccccn4)NC(=S)N3C3CCCCC3)o2)c(Br)c1. The van der Waals surface area contributed by atoms with Gasteiger partial charge < -0.3 is 14.6 Å². The van der Waals surface area contributed by atoms with E-state index in [1.807, 2.05) is 36.5 Å². The van der Waals surface area contributed by atoms with Crippen molar-refractivity contribution in [2.75, 3.05) is 0 Å². The van der Waals surface area contributed by atoms with E-state index in [1.54, 1.807) is 6.07 Å². The molecule has 3 aromatic rings. The average molecular weight is 500 g/mol. The van der Waals surface area contributed by atoms with Gasteiger partial charge in [-0.25, -0.2) is 4.39 Å². The highest BCUT2D eigenvalue weighted by Gasteiger charge is 2.44. The number of furan rings is 1. The molecule has 2 aliphatic rings. The van der Waals surface area contributed by atoms with Gasteiger partial charge in [0.15, 0.2) is 5.11 Å². The maximum absolute atomic E-state index is 13.6.